The van der Waals surface area contributed by atoms with Crippen molar-refractivity contribution in [1.82, 2.24) is 10.2 Å². The number of hydrogen-bond acceptors (Lipinski definition) is 4. The van der Waals surface area contributed by atoms with Crippen molar-refractivity contribution in [3.05, 3.63) is 46.2 Å². The molecule has 1 amide bonds. The minimum absolute atomic E-state index is 0.0318. The Morgan fingerprint density at radius 2 is 1.83 bits per heavy atom. The zero-order chi connectivity index (χ0) is 13.1. The molecule has 0 unspecified atom stereocenters. The summed E-state index contributed by atoms with van der Waals surface area (Å²) < 4.78 is 0. The first-order valence-corrected chi connectivity index (χ1v) is 5.61. The van der Waals surface area contributed by atoms with E-state index in [-0.39, 0.29) is 21.6 Å². The molecule has 0 spiro atoms. The summed E-state index contributed by atoms with van der Waals surface area (Å²) in [4.78, 5) is 11.9. The van der Waals surface area contributed by atoms with E-state index in [4.69, 9.17) is 28.3 Å². The number of carbonyl (C=O) groups is 1. The zero-order valence-electron chi connectivity index (χ0n) is 8.89. The number of halogens is 2. The molecule has 0 saturated carbocycles. The van der Waals surface area contributed by atoms with Gasteiger partial charge in [-0.1, -0.05) is 23.2 Å². The van der Waals surface area contributed by atoms with Crippen LogP contribution in [0.2, 0.25) is 10.3 Å². The van der Waals surface area contributed by atoms with E-state index < -0.39 is 5.91 Å². The standard InChI is InChI=1S/C11H7Cl2N3O2/c12-9-5-8(10(13)16-15-9)11(18)14-6-1-3-7(17)4-2-6/h1-5,17H,(H,14,18). The van der Waals surface area contributed by atoms with Gasteiger partial charge in [0.1, 0.15) is 5.75 Å². The fourth-order valence-corrected chi connectivity index (χ4v) is 1.58. The van der Waals surface area contributed by atoms with E-state index in [1.807, 2.05) is 0 Å². The molecule has 0 saturated heterocycles. The molecule has 0 aliphatic rings. The highest BCUT2D eigenvalue weighted by Crippen LogP contribution is 2.18. The first kappa shape index (κ1) is 12.6. The van der Waals surface area contributed by atoms with Gasteiger partial charge in [-0.3, -0.25) is 4.79 Å². The van der Waals surface area contributed by atoms with Crippen LogP contribution in [-0.2, 0) is 0 Å². The maximum atomic E-state index is 11.9. The Labute approximate surface area is 112 Å². The lowest BCUT2D eigenvalue weighted by molar-refractivity contribution is 0.102. The summed E-state index contributed by atoms with van der Waals surface area (Å²) in [6.45, 7) is 0. The number of phenolic OH excluding ortho intramolecular Hbond substituents is 1. The number of amides is 1. The van der Waals surface area contributed by atoms with Crippen LogP contribution in [0.1, 0.15) is 10.4 Å². The largest absolute Gasteiger partial charge is 0.508 e. The third-order valence-corrected chi connectivity index (χ3v) is 2.55. The highest BCUT2D eigenvalue weighted by molar-refractivity contribution is 6.34. The number of phenols is 1. The predicted octanol–water partition coefficient (Wildman–Crippen LogP) is 2.74. The van der Waals surface area contributed by atoms with Gasteiger partial charge in [0.2, 0.25) is 0 Å². The van der Waals surface area contributed by atoms with Crippen LogP contribution >= 0.6 is 23.2 Å². The smallest absolute Gasteiger partial charge is 0.258 e. The van der Waals surface area contributed by atoms with E-state index in [0.29, 0.717) is 5.69 Å². The molecule has 2 N–H and O–H groups in total. The molecule has 1 aromatic heterocycles. The summed E-state index contributed by atoms with van der Waals surface area (Å²) in [7, 11) is 0. The van der Waals surface area contributed by atoms with Crippen LogP contribution in [0.25, 0.3) is 0 Å². The highest BCUT2D eigenvalue weighted by Gasteiger charge is 2.13. The number of rotatable bonds is 2. The van der Waals surface area contributed by atoms with E-state index in [1.54, 1.807) is 12.1 Å². The van der Waals surface area contributed by atoms with Crippen LogP contribution < -0.4 is 5.32 Å². The van der Waals surface area contributed by atoms with Crippen molar-refractivity contribution in [3.8, 4) is 5.75 Å². The molecular weight excluding hydrogens is 277 g/mol. The Kier molecular flexibility index (Phi) is 3.64. The van der Waals surface area contributed by atoms with E-state index in [9.17, 15) is 4.79 Å². The minimum Gasteiger partial charge on any atom is -0.508 e. The van der Waals surface area contributed by atoms with Crippen molar-refractivity contribution in [1.29, 1.82) is 0 Å². The summed E-state index contributed by atoms with van der Waals surface area (Å²) >= 11 is 11.4. The van der Waals surface area contributed by atoms with Gasteiger partial charge in [0, 0.05) is 5.69 Å². The first-order valence-electron chi connectivity index (χ1n) is 4.85. The van der Waals surface area contributed by atoms with Gasteiger partial charge in [-0.05, 0) is 30.3 Å². The minimum atomic E-state index is -0.456. The van der Waals surface area contributed by atoms with Gasteiger partial charge in [-0.15, -0.1) is 10.2 Å². The SMILES string of the molecule is O=C(Nc1ccc(O)cc1)c1cc(Cl)nnc1Cl. The Morgan fingerprint density at radius 1 is 1.17 bits per heavy atom. The number of nitrogens with zero attached hydrogens (tertiary/aromatic N) is 2. The lowest BCUT2D eigenvalue weighted by atomic mass is 10.2. The topological polar surface area (TPSA) is 75.1 Å². The average molecular weight is 284 g/mol. The maximum Gasteiger partial charge on any atom is 0.258 e. The molecule has 0 atom stereocenters. The van der Waals surface area contributed by atoms with Gasteiger partial charge in [0.05, 0.1) is 5.56 Å². The molecule has 2 aromatic rings. The van der Waals surface area contributed by atoms with Crippen molar-refractivity contribution >= 4 is 34.8 Å². The Balaban J connectivity index is 2.21. The molecule has 18 heavy (non-hydrogen) atoms. The molecule has 0 aliphatic carbocycles. The van der Waals surface area contributed by atoms with Crippen LogP contribution in [0.5, 0.6) is 5.75 Å². The van der Waals surface area contributed by atoms with Crippen molar-refractivity contribution in [2.24, 2.45) is 0 Å². The van der Waals surface area contributed by atoms with Crippen molar-refractivity contribution in [2.75, 3.05) is 5.32 Å². The molecule has 5 nitrogen and oxygen atoms in total. The zero-order valence-corrected chi connectivity index (χ0v) is 10.4. The van der Waals surface area contributed by atoms with E-state index in [0.717, 1.165) is 0 Å². The van der Waals surface area contributed by atoms with Crippen LogP contribution in [0.15, 0.2) is 30.3 Å². The van der Waals surface area contributed by atoms with Gasteiger partial charge in [0.25, 0.3) is 5.91 Å². The Hall–Kier alpha value is -1.85. The molecular formula is C11H7Cl2N3O2. The van der Waals surface area contributed by atoms with Crippen LogP contribution in [0.4, 0.5) is 5.69 Å². The third-order valence-electron chi connectivity index (χ3n) is 2.09. The van der Waals surface area contributed by atoms with E-state index in [1.165, 1.54) is 18.2 Å². The second kappa shape index (κ2) is 5.20. The lowest BCUT2D eigenvalue weighted by Crippen LogP contribution is -2.13. The first-order chi connectivity index (χ1) is 8.56. The second-order valence-electron chi connectivity index (χ2n) is 3.37. The van der Waals surface area contributed by atoms with Crippen LogP contribution in [0, 0.1) is 0 Å². The normalized spacial score (nSPS) is 10.1. The third kappa shape index (κ3) is 2.88. The van der Waals surface area contributed by atoms with E-state index >= 15 is 0 Å². The molecule has 0 radical (unpaired) electrons. The van der Waals surface area contributed by atoms with Crippen molar-refractivity contribution in [3.63, 3.8) is 0 Å². The summed E-state index contributed by atoms with van der Waals surface area (Å²) in [5, 5.41) is 18.8. The van der Waals surface area contributed by atoms with E-state index in [2.05, 4.69) is 15.5 Å². The second-order valence-corrected chi connectivity index (χ2v) is 4.12. The molecule has 1 heterocycles. The highest BCUT2D eigenvalue weighted by atomic mass is 35.5. The molecule has 7 heteroatoms. The molecule has 0 fully saturated rings. The monoisotopic (exact) mass is 283 g/mol. The summed E-state index contributed by atoms with van der Waals surface area (Å²) in [6.07, 6.45) is 0. The molecule has 0 bridgehead atoms. The van der Waals surface area contributed by atoms with Crippen molar-refractivity contribution < 1.29 is 9.90 Å². The van der Waals surface area contributed by atoms with Crippen molar-refractivity contribution in [2.45, 2.75) is 0 Å². The number of aromatic hydroxyl groups is 1. The Bertz CT molecular complexity index is 587. The number of anilines is 1. The summed E-state index contributed by atoms with van der Waals surface area (Å²) in [5.74, 6) is -0.345. The number of benzene rings is 1. The molecule has 2 rings (SSSR count). The van der Waals surface area contributed by atoms with Gasteiger partial charge in [0.15, 0.2) is 10.3 Å². The van der Waals surface area contributed by atoms with Gasteiger partial charge >= 0.3 is 0 Å². The van der Waals surface area contributed by atoms with Crippen LogP contribution in [0.3, 0.4) is 0 Å². The van der Waals surface area contributed by atoms with Gasteiger partial charge in [-0.2, -0.15) is 0 Å². The maximum absolute atomic E-state index is 11.9. The van der Waals surface area contributed by atoms with Crippen LogP contribution in [-0.4, -0.2) is 21.2 Å². The van der Waals surface area contributed by atoms with Gasteiger partial charge < -0.3 is 10.4 Å². The molecule has 0 aliphatic heterocycles. The quantitative estimate of drug-likeness (QED) is 0.831. The lowest BCUT2D eigenvalue weighted by Gasteiger charge is -2.06. The average Bonchev–Trinajstić information content (AvgIpc) is 2.35. The van der Waals surface area contributed by atoms with Gasteiger partial charge in [-0.25, -0.2) is 0 Å². The fourth-order valence-electron chi connectivity index (χ4n) is 1.26. The summed E-state index contributed by atoms with van der Waals surface area (Å²) in [6, 6.07) is 7.34. The number of aromatic nitrogens is 2. The Morgan fingerprint density at radius 3 is 2.50 bits per heavy atom. The number of carbonyl (C=O) groups excluding carboxylic acids is 1. The summed E-state index contributed by atoms with van der Waals surface area (Å²) in [5.41, 5.74) is 0.645. The number of hydrogen-bond donors (Lipinski definition) is 2. The molecule has 92 valence electrons. The molecule has 1 aromatic carbocycles. The fraction of sp³-hybridized carbons (Fsp3) is 0. The number of nitrogens with one attached hydrogen (secondary N) is 1. The predicted molar refractivity (Wildman–Crippen MR) is 68.1 cm³/mol.